The van der Waals surface area contributed by atoms with E-state index >= 15 is 0 Å². The van der Waals surface area contributed by atoms with Crippen LogP contribution in [-0.4, -0.2) is 306 Å². The SMILES string of the molecule is CO[C@H]1C[C@@H]2CC[C@@H](C)[C@@](O)(O2)C(=O)C(=O)N2CCCC[C@H]2C(=O)O[C@H]([C@H](C)C[C@@H]2CC[C@@H](O)[C@H](OC)C2)C[C@@H](O)[C@H](C)/C=C(\C)[C@@H](O)[C@@H](OC)/C(=N/OCC(=O)N2CCc3nc(N4CCN(c5ncc(C(=O)NCCOCCOCCOCCC(=O)N6CCc7cc(Cn8nc(-c9cnc%10[nH]ccc%10c9)c9c(N)ncnc98)ccc7C6)cn5)CC4)ncc3C2)[C@H](C)C[C@H](C)/C=C/C=CC=C1C. The van der Waals surface area contributed by atoms with Gasteiger partial charge in [0.05, 0.1) is 105 Å². The molecule has 2 bridgehead atoms. The number of hydrogen-bond acceptors (Lipinski definition) is 31. The van der Waals surface area contributed by atoms with Crippen LogP contribution in [-0.2, 0) is 99.2 Å². The van der Waals surface area contributed by atoms with E-state index in [4.69, 9.17) is 63.5 Å². The summed E-state index contributed by atoms with van der Waals surface area (Å²) in [6, 6.07) is 9.15. The van der Waals surface area contributed by atoms with Gasteiger partial charge in [-0.15, -0.1) is 0 Å². The number of aromatic amines is 1. The van der Waals surface area contributed by atoms with E-state index in [0.29, 0.717) is 194 Å². The normalized spacial score (nSPS) is 27.2. The summed E-state index contributed by atoms with van der Waals surface area (Å²) in [7, 11) is 4.62. The molecule has 1 aliphatic carbocycles. The highest BCUT2D eigenvalue weighted by Gasteiger charge is 2.53. The van der Waals surface area contributed by atoms with Gasteiger partial charge in [-0.05, 0) is 142 Å². The largest absolute Gasteiger partial charge is 0.460 e. The Balaban J connectivity index is 0.518. The van der Waals surface area contributed by atoms with Crippen LogP contribution in [0.15, 0.2) is 120 Å². The molecule has 7 aliphatic rings. The quantitative estimate of drug-likeness (QED) is 0.00835. The lowest BCUT2D eigenvalue weighted by molar-refractivity contribution is -0.265. The fourth-order valence-corrected chi connectivity index (χ4v) is 19.8. The number of pyridine rings is 1. The number of oxime groups is 1. The van der Waals surface area contributed by atoms with Crippen molar-refractivity contribution in [3.05, 3.63) is 149 Å². The molecule has 3 saturated heterocycles. The molecule has 14 rings (SSSR count). The molecule has 37 nitrogen and oxygen atoms in total. The number of piperazine rings is 1. The number of carbonyl (C=O) groups is 6. The predicted molar refractivity (Wildman–Crippen MR) is 511 cm³/mol. The molecule has 16 atom stereocenters. The van der Waals surface area contributed by atoms with Gasteiger partial charge in [-0.1, -0.05) is 94.4 Å². The van der Waals surface area contributed by atoms with Crippen molar-refractivity contribution in [1.29, 1.82) is 0 Å². The number of cyclic esters (lactones) is 1. The number of ether oxygens (including phenoxy) is 8. The number of amides is 4. The number of methoxy groups -OCH3 is 3. The van der Waals surface area contributed by atoms with Gasteiger partial charge in [0.2, 0.25) is 23.6 Å². The van der Waals surface area contributed by atoms with E-state index in [0.717, 1.165) is 51.0 Å². The molecule has 740 valence electrons. The monoisotopic (exact) mass is 1890 g/mol. The number of nitrogens with two attached hydrogens (primary N) is 1. The molecular formula is C100H136N18O19. The van der Waals surface area contributed by atoms with Crippen LogP contribution in [0.25, 0.3) is 33.3 Å². The van der Waals surface area contributed by atoms with Gasteiger partial charge in [-0.3, -0.25) is 24.0 Å². The Hall–Kier alpha value is -11.0. The van der Waals surface area contributed by atoms with Gasteiger partial charge in [0.1, 0.15) is 47.8 Å². The summed E-state index contributed by atoms with van der Waals surface area (Å²) in [5.74, 6) is -6.65. The molecule has 0 unspecified atom stereocenters. The van der Waals surface area contributed by atoms with Crippen LogP contribution in [0.5, 0.6) is 0 Å². The number of allylic oxidation sites excluding steroid dienone is 5. The van der Waals surface area contributed by atoms with E-state index in [9.17, 15) is 49.2 Å². The van der Waals surface area contributed by atoms with E-state index in [1.165, 1.54) is 36.3 Å². The van der Waals surface area contributed by atoms with Gasteiger partial charge < -0.3 is 104 Å². The van der Waals surface area contributed by atoms with E-state index in [2.05, 4.69) is 70.4 Å². The number of piperidine rings is 1. The second-order valence-electron chi connectivity index (χ2n) is 37.7. The standard InChI is InChI=1S/C100H136N18O19/c1-61-16-12-11-13-17-62(2)81(129-8)50-76-23-19-67(7)100(128,137-76)91(124)96(126)117-31-15-14-18-78(117)97(127)136-82(64(4)46-68-21-24-79(119)83(48-68)130-9)51-80(120)63(3)45-66(6)89(123)90(131-10)87(65(5)44-61)112-135-59-85(122)116-33-27-77-75(58-116)55-107-99(110-77)114-36-34-113(35-37-114)98-105-53-74(54-106-98)95(125)103-30-39-133-41-43-134-42-40-132-38-28-84(121)115-32-26-70-47-69(20-22-72(70)57-115)56-118-94-86(92(101)108-60-109-94)88(111-118)73-49-71-25-29-102-93(71)104-52-73/h11-13,16-17,20,22,25,29,45,47,49,52-55,60-61,63-65,67-68,76,78-83,89-90,119-120,123,128H,14-15,18-19,21,23-24,26-28,30-44,46,48,50-51,56-59H2,1-10H3,(H,102,104)(H,103,125)(H2,101,108,109)/b13-11?,16-12+,62-17?,66-45+,112-87+/t61-,63-,64-,65-,67-,68+,76+,78+,79-,80-,81+,82+,83-,89-,90+,100-/m1/s1. The van der Waals surface area contributed by atoms with Crippen LogP contribution in [0, 0.1) is 35.5 Å². The fourth-order valence-electron chi connectivity index (χ4n) is 19.8. The minimum absolute atomic E-state index is 0.0313. The maximum atomic E-state index is 14.8. The first-order valence-electron chi connectivity index (χ1n) is 48.4. The van der Waals surface area contributed by atoms with Gasteiger partial charge >= 0.3 is 5.97 Å². The van der Waals surface area contributed by atoms with Gasteiger partial charge in [0.25, 0.3) is 23.5 Å². The van der Waals surface area contributed by atoms with Crippen LogP contribution < -0.4 is 20.9 Å². The van der Waals surface area contributed by atoms with Crippen molar-refractivity contribution in [1.82, 2.24) is 69.7 Å². The Labute approximate surface area is 799 Å². The summed E-state index contributed by atoms with van der Waals surface area (Å²) < 4.78 is 49.5. The third kappa shape index (κ3) is 25.8. The number of Topliss-reactive ketones (excluding diaryl/α,β-unsaturated/α-hetero) is 1. The first kappa shape index (κ1) is 102. The number of carbonyl (C=O) groups excluding carboxylic acids is 6. The van der Waals surface area contributed by atoms with Gasteiger partial charge in [0, 0.05) is 171 Å². The molecule has 7 aromatic rings. The highest BCUT2D eigenvalue weighted by molar-refractivity contribution is 6.39. The number of benzene rings is 1. The summed E-state index contributed by atoms with van der Waals surface area (Å²) in [5.41, 5.74) is 16.3. The molecule has 1 saturated carbocycles. The Kier molecular flexibility index (Phi) is 35.8. The highest BCUT2D eigenvalue weighted by Crippen LogP contribution is 2.40. The summed E-state index contributed by atoms with van der Waals surface area (Å²) in [4.78, 5) is 135. The Morgan fingerprint density at radius 2 is 1.45 bits per heavy atom. The topological polar surface area (TPSA) is 457 Å². The number of H-pyrrole nitrogens is 1. The number of aliphatic hydroxyl groups is 4. The first-order valence-corrected chi connectivity index (χ1v) is 48.4. The Bertz CT molecular complexity index is 5450. The number of ketones is 1. The molecule has 0 spiro atoms. The Morgan fingerprint density at radius 3 is 2.22 bits per heavy atom. The summed E-state index contributed by atoms with van der Waals surface area (Å²) in [5, 5.41) is 61.7. The number of hydrogen-bond donors (Lipinski definition) is 7. The van der Waals surface area contributed by atoms with Crippen LogP contribution in [0.4, 0.5) is 17.7 Å². The van der Waals surface area contributed by atoms with Gasteiger partial charge in [-0.2, -0.15) is 5.10 Å². The lowest BCUT2D eigenvalue weighted by Gasteiger charge is -2.43. The van der Waals surface area contributed by atoms with Crippen molar-refractivity contribution in [2.75, 3.05) is 135 Å². The zero-order valence-corrected chi connectivity index (χ0v) is 80.5. The van der Waals surface area contributed by atoms with Crippen molar-refractivity contribution < 1.29 is 91.9 Å². The molecule has 4 amide bonds. The average Bonchev–Trinajstić information content (AvgIpc) is 1.76. The molecule has 6 aromatic heterocycles. The summed E-state index contributed by atoms with van der Waals surface area (Å²) in [6.45, 7) is 19.4. The van der Waals surface area contributed by atoms with Crippen molar-refractivity contribution in [2.24, 2.45) is 40.7 Å². The lowest BCUT2D eigenvalue weighted by atomic mass is 9.78. The third-order valence-electron chi connectivity index (χ3n) is 28.0. The second-order valence-corrected chi connectivity index (χ2v) is 37.7. The minimum atomic E-state index is -2.47. The highest BCUT2D eigenvalue weighted by atomic mass is 16.6. The Morgan fingerprint density at radius 1 is 0.715 bits per heavy atom. The number of nitrogen functional groups attached to an aromatic ring is 1. The van der Waals surface area contributed by atoms with Crippen molar-refractivity contribution in [3.63, 3.8) is 0 Å². The van der Waals surface area contributed by atoms with E-state index in [1.54, 1.807) is 58.4 Å². The summed E-state index contributed by atoms with van der Waals surface area (Å²) in [6.07, 6.45) is 21.5. The average molecular weight is 1890 g/mol. The fraction of sp³-hybridized carbons (Fsp3) is 0.590. The molecular weight excluding hydrogens is 1760 g/mol. The number of aliphatic hydroxyl groups excluding tert-OH is 3. The van der Waals surface area contributed by atoms with Crippen molar-refractivity contribution in [2.45, 2.75) is 225 Å². The van der Waals surface area contributed by atoms with Gasteiger partial charge in [0.15, 0.2) is 12.3 Å². The molecule has 4 fully saturated rings. The number of fused-ring (bicyclic) bond motifs is 7. The van der Waals surface area contributed by atoms with Crippen LogP contribution in [0.2, 0.25) is 0 Å². The predicted octanol–water partition coefficient (Wildman–Crippen LogP) is 8.34. The number of nitrogens with zero attached hydrogens (tertiary/aromatic N) is 15. The molecule has 12 heterocycles. The second kappa shape index (κ2) is 48.1. The number of aromatic nitrogens is 10. The van der Waals surface area contributed by atoms with Crippen molar-refractivity contribution >= 4 is 80.9 Å². The van der Waals surface area contributed by atoms with Crippen LogP contribution in [0.3, 0.4) is 0 Å². The van der Waals surface area contributed by atoms with Crippen LogP contribution >= 0.6 is 0 Å². The third-order valence-corrected chi connectivity index (χ3v) is 28.0. The lowest BCUT2D eigenvalue weighted by Crippen LogP contribution is -2.61. The van der Waals surface area contributed by atoms with Crippen molar-refractivity contribution in [3.8, 4) is 11.3 Å². The zero-order chi connectivity index (χ0) is 97.0. The molecule has 8 N–H and O–H groups in total. The number of esters is 1. The van der Waals surface area contributed by atoms with Crippen LogP contribution in [0.1, 0.15) is 170 Å². The molecule has 1 aromatic carbocycles. The molecule has 0 radical (unpaired) electrons. The van der Waals surface area contributed by atoms with E-state index in [-0.39, 0.29) is 106 Å². The van der Waals surface area contributed by atoms with E-state index in [1.807, 2.05) is 84.0 Å². The van der Waals surface area contributed by atoms with Gasteiger partial charge in [-0.25, -0.2) is 44.4 Å². The molecule has 137 heavy (non-hydrogen) atoms. The molecule has 6 aliphatic heterocycles. The number of rotatable bonds is 27. The number of anilines is 3. The minimum Gasteiger partial charge on any atom is -0.460 e. The smallest absolute Gasteiger partial charge is 0.329 e. The number of nitrogens with one attached hydrogen (secondary N) is 2. The maximum Gasteiger partial charge on any atom is 0.329 e. The first-order chi connectivity index (χ1) is 66.1. The molecule has 37 heteroatoms. The summed E-state index contributed by atoms with van der Waals surface area (Å²) >= 11 is 0. The van der Waals surface area contributed by atoms with E-state index < -0.39 is 90.7 Å². The zero-order valence-electron chi connectivity index (χ0n) is 80.5. The maximum absolute atomic E-state index is 14.8.